The molecule has 0 saturated carbocycles. The topological polar surface area (TPSA) is 97.4 Å². The predicted molar refractivity (Wildman–Crippen MR) is 122 cm³/mol. The van der Waals surface area contributed by atoms with Crippen LogP contribution in [0.15, 0.2) is 71.8 Å². The first-order chi connectivity index (χ1) is 15.8. The quantitative estimate of drug-likeness (QED) is 0.447. The monoisotopic (exact) mass is 493 g/mol. The lowest BCUT2D eigenvalue weighted by atomic mass is 9.86. The van der Waals surface area contributed by atoms with E-state index in [-0.39, 0.29) is 22.7 Å². The van der Waals surface area contributed by atoms with E-state index in [1.807, 2.05) is 39.0 Å². The first-order valence-electron chi connectivity index (χ1n) is 10.0. The standard InChI is InChI=1S/C23H22F3N3O4S/c1-22(2,3)17-7-4-5-9-19(17)33-20-18(8-6-14-27-20)29-21(30)28-15-10-12-16(13-11-15)34(31,32)23(24,25)26/h4-14H,1-3H3,(H2,28,29,30). The zero-order valence-corrected chi connectivity index (χ0v) is 19.3. The molecule has 3 aromatic rings. The molecule has 0 atom stereocenters. The van der Waals surface area contributed by atoms with Gasteiger partial charge in [-0.3, -0.25) is 0 Å². The second-order valence-electron chi connectivity index (χ2n) is 8.26. The van der Waals surface area contributed by atoms with Crippen LogP contribution in [0, 0.1) is 0 Å². The number of para-hydroxylation sites is 1. The van der Waals surface area contributed by atoms with Crippen LogP contribution in [0.4, 0.5) is 29.3 Å². The number of aromatic nitrogens is 1. The summed E-state index contributed by atoms with van der Waals surface area (Å²) in [7, 11) is -5.47. The van der Waals surface area contributed by atoms with E-state index < -0.39 is 26.3 Å². The molecular weight excluding hydrogens is 471 g/mol. The molecule has 7 nitrogen and oxygen atoms in total. The van der Waals surface area contributed by atoms with Gasteiger partial charge in [0.1, 0.15) is 11.4 Å². The third kappa shape index (κ3) is 5.66. The zero-order chi connectivity index (χ0) is 25.1. The first-order valence-corrected chi connectivity index (χ1v) is 11.5. The summed E-state index contributed by atoms with van der Waals surface area (Å²) < 4.78 is 66.9. The molecule has 0 saturated heterocycles. The molecule has 2 N–H and O–H groups in total. The number of nitrogens with one attached hydrogen (secondary N) is 2. The van der Waals surface area contributed by atoms with Crippen LogP contribution in [-0.4, -0.2) is 24.9 Å². The number of nitrogens with zero attached hydrogens (tertiary/aromatic N) is 1. The molecule has 0 radical (unpaired) electrons. The second-order valence-corrected chi connectivity index (χ2v) is 10.2. The summed E-state index contributed by atoms with van der Waals surface area (Å²) >= 11 is 0. The third-order valence-corrected chi connectivity index (χ3v) is 6.15. The van der Waals surface area contributed by atoms with E-state index in [0.717, 1.165) is 29.8 Å². The van der Waals surface area contributed by atoms with Crippen LogP contribution in [0.3, 0.4) is 0 Å². The van der Waals surface area contributed by atoms with Crippen LogP contribution in [0.5, 0.6) is 11.6 Å². The fraction of sp³-hybridized carbons (Fsp3) is 0.217. The van der Waals surface area contributed by atoms with Gasteiger partial charge in [-0.25, -0.2) is 18.2 Å². The Bertz CT molecular complexity index is 1290. The van der Waals surface area contributed by atoms with Crippen LogP contribution in [0.2, 0.25) is 0 Å². The molecule has 0 unspecified atom stereocenters. The number of halogens is 3. The Kier molecular flexibility index (Phi) is 6.87. The lowest BCUT2D eigenvalue weighted by Gasteiger charge is -2.22. The van der Waals surface area contributed by atoms with E-state index in [1.54, 1.807) is 18.2 Å². The number of hydrogen-bond donors (Lipinski definition) is 2. The molecular formula is C23H22F3N3O4S. The van der Waals surface area contributed by atoms with E-state index in [2.05, 4.69) is 15.6 Å². The minimum absolute atomic E-state index is 0.0862. The average Bonchev–Trinajstić information content (AvgIpc) is 2.74. The lowest BCUT2D eigenvalue weighted by Crippen LogP contribution is -2.23. The Labute approximate surface area is 194 Å². The molecule has 0 spiro atoms. The number of urea groups is 1. The number of rotatable bonds is 5. The number of alkyl halides is 3. The Balaban J connectivity index is 1.75. The van der Waals surface area contributed by atoms with Crippen LogP contribution in [0.25, 0.3) is 0 Å². The van der Waals surface area contributed by atoms with Gasteiger partial charge in [0.05, 0.1) is 4.90 Å². The molecule has 180 valence electrons. The number of carbonyl (C=O) groups is 1. The Morgan fingerprint density at radius 3 is 2.18 bits per heavy atom. The number of sulfone groups is 1. The maximum atomic E-state index is 12.7. The summed E-state index contributed by atoms with van der Waals surface area (Å²) in [5.74, 6) is 0.708. The SMILES string of the molecule is CC(C)(C)c1ccccc1Oc1ncccc1NC(=O)Nc1ccc(S(=O)(=O)C(F)(F)F)cc1. The van der Waals surface area contributed by atoms with E-state index in [0.29, 0.717) is 5.75 Å². The van der Waals surface area contributed by atoms with Gasteiger partial charge in [0.15, 0.2) is 0 Å². The minimum atomic E-state index is -5.47. The van der Waals surface area contributed by atoms with Crippen molar-refractivity contribution < 1.29 is 31.1 Å². The number of ether oxygens (including phenoxy) is 1. The number of pyridine rings is 1. The van der Waals surface area contributed by atoms with Crippen LogP contribution >= 0.6 is 0 Å². The molecule has 11 heteroatoms. The largest absolute Gasteiger partial charge is 0.501 e. The van der Waals surface area contributed by atoms with Gasteiger partial charge in [-0.1, -0.05) is 39.0 Å². The number of amides is 2. The van der Waals surface area contributed by atoms with Crippen molar-refractivity contribution in [1.29, 1.82) is 0 Å². The van der Waals surface area contributed by atoms with Crippen molar-refractivity contribution in [2.75, 3.05) is 10.6 Å². The van der Waals surface area contributed by atoms with Crippen molar-refractivity contribution in [1.82, 2.24) is 4.98 Å². The maximum absolute atomic E-state index is 12.7. The summed E-state index contributed by atoms with van der Waals surface area (Å²) in [6.07, 6.45) is 1.50. The van der Waals surface area contributed by atoms with Gasteiger partial charge in [0.2, 0.25) is 5.88 Å². The van der Waals surface area contributed by atoms with Crippen molar-refractivity contribution >= 4 is 27.2 Å². The molecule has 0 aliphatic rings. The minimum Gasteiger partial charge on any atom is -0.437 e. The van der Waals surface area contributed by atoms with Crippen molar-refractivity contribution in [3.63, 3.8) is 0 Å². The van der Waals surface area contributed by atoms with E-state index in [4.69, 9.17) is 4.74 Å². The molecule has 2 aromatic carbocycles. The van der Waals surface area contributed by atoms with Gasteiger partial charge in [-0.05, 0) is 47.9 Å². The molecule has 0 fully saturated rings. The predicted octanol–water partition coefficient (Wildman–Crippen LogP) is 6.11. The number of benzene rings is 2. The zero-order valence-electron chi connectivity index (χ0n) is 18.5. The van der Waals surface area contributed by atoms with Gasteiger partial charge in [-0.15, -0.1) is 0 Å². The molecule has 1 heterocycles. The Morgan fingerprint density at radius 2 is 1.56 bits per heavy atom. The smallest absolute Gasteiger partial charge is 0.437 e. The van der Waals surface area contributed by atoms with Gasteiger partial charge < -0.3 is 15.4 Å². The fourth-order valence-electron chi connectivity index (χ4n) is 2.98. The molecule has 34 heavy (non-hydrogen) atoms. The van der Waals surface area contributed by atoms with E-state index >= 15 is 0 Å². The highest BCUT2D eigenvalue weighted by Gasteiger charge is 2.46. The third-order valence-electron chi connectivity index (χ3n) is 4.65. The van der Waals surface area contributed by atoms with Gasteiger partial charge in [0, 0.05) is 17.4 Å². The van der Waals surface area contributed by atoms with E-state index in [9.17, 15) is 26.4 Å². The van der Waals surface area contributed by atoms with Gasteiger partial charge in [0.25, 0.3) is 9.84 Å². The summed E-state index contributed by atoms with van der Waals surface area (Å²) in [4.78, 5) is 15.7. The average molecular weight is 494 g/mol. The summed E-state index contributed by atoms with van der Waals surface area (Å²) in [6.45, 7) is 6.10. The Hall–Kier alpha value is -3.60. The molecule has 1 aromatic heterocycles. The molecule has 0 aliphatic carbocycles. The summed E-state index contributed by atoms with van der Waals surface area (Å²) in [5, 5.41) is 5.00. The maximum Gasteiger partial charge on any atom is 0.501 e. The van der Waals surface area contributed by atoms with Gasteiger partial charge in [-0.2, -0.15) is 13.2 Å². The lowest BCUT2D eigenvalue weighted by molar-refractivity contribution is -0.0436. The number of hydrogen-bond acceptors (Lipinski definition) is 5. The van der Waals surface area contributed by atoms with Crippen molar-refractivity contribution in [2.45, 2.75) is 36.6 Å². The molecule has 0 bridgehead atoms. The number of anilines is 2. The van der Waals surface area contributed by atoms with Crippen LogP contribution in [-0.2, 0) is 15.3 Å². The highest BCUT2D eigenvalue weighted by atomic mass is 32.2. The normalized spacial score (nSPS) is 12.2. The van der Waals surface area contributed by atoms with E-state index in [1.165, 1.54) is 6.20 Å². The Morgan fingerprint density at radius 1 is 0.912 bits per heavy atom. The van der Waals surface area contributed by atoms with Crippen LogP contribution in [0.1, 0.15) is 26.3 Å². The van der Waals surface area contributed by atoms with Crippen molar-refractivity contribution in [3.05, 3.63) is 72.4 Å². The second kappa shape index (κ2) is 9.34. The highest BCUT2D eigenvalue weighted by Crippen LogP contribution is 2.35. The van der Waals surface area contributed by atoms with Crippen molar-refractivity contribution in [3.8, 4) is 11.6 Å². The number of carbonyl (C=O) groups excluding carboxylic acids is 1. The van der Waals surface area contributed by atoms with Gasteiger partial charge >= 0.3 is 11.5 Å². The van der Waals surface area contributed by atoms with Crippen molar-refractivity contribution in [2.24, 2.45) is 0 Å². The van der Waals surface area contributed by atoms with Crippen LogP contribution < -0.4 is 15.4 Å². The first kappa shape index (κ1) is 25.0. The summed E-state index contributed by atoms with van der Waals surface area (Å²) in [5.41, 5.74) is -4.35. The molecule has 2 amide bonds. The highest BCUT2D eigenvalue weighted by molar-refractivity contribution is 7.92. The molecule has 0 aliphatic heterocycles. The summed E-state index contributed by atoms with van der Waals surface area (Å²) in [6, 6.07) is 13.5. The fourth-order valence-corrected chi connectivity index (χ4v) is 3.74. The molecule has 3 rings (SSSR count).